The number of anilines is 1. The zero-order valence-corrected chi connectivity index (χ0v) is 13.2. The van der Waals surface area contributed by atoms with Crippen LogP contribution in [0, 0.1) is 0 Å². The van der Waals surface area contributed by atoms with E-state index in [0.717, 1.165) is 6.07 Å². The molecular formula is C15H18F3N3O2. The van der Waals surface area contributed by atoms with Crippen molar-refractivity contribution in [2.24, 2.45) is 0 Å². The Bertz CT molecular complexity index is 634. The zero-order chi connectivity index (χ0) is 17.5. The predicted octanol–water partition coefficient (Wildman–Crippen LogP) is 4.12. The van der Waals surface area contributed by atoms with Gasteiger partial charge in [-0.3, -0.25) is 4.98 Å². The minimum absolute atomic E-state index is 0.208. The van der Waals surface area contributed by atoms with Crippen molar-refractivity contribution in [1.82, 2.24) is 9.97 Å². The molecule has 0 bridgehead atoms. The summed E-state index contributed by atoms with van der Waals surface area (Å²) in [7, 11) is 3.04. The molecule has 126 valence electrons. The van der Waals surface area contributed by atoms with Crippen LogP contribution in [-0.4, -0.2) is 30.5 Å². The highest BCUT2D eigenvalue weighted by atomic mass is 19.4. The van der Waals surface area contributed by atoms with Crippen molar-refractivity contribution in [3.8, 4) is 22.8 Å². The maximum atomic E-state index is 12.2. The number of methoxy groups -OCH3 is 1. The highest BCUT2D eigenvalue weighted by Crippen LogP contribution is 2.34. The average molecular weight is 329 g/mol. The van der Waals surface area contributed by atoms with E-state index in [-0.39, 0.29) is 11.5 Å². The molecule has 1 aromatic heterocycles. The van der Waals surface area contributed by atoms with Crippen molar-refractivity contribution < 1.29 is 22.6 Å². The van der Waals surface area contributed by atoms with Crippen LogP contribution in [0.25, 0.3) is 11.3 Å². The van der Waals surface area contributed by atoms with E-state index >= 15 is 0 Å². The van der Waals surface area contributed by atoms with Gasteiger partial charge in [-0.2, -0.15) is 0 Å². The van der Waals surface area contributed by atoms with Crippen molar-refractivity contribution >= 4 is 5.82 Å². The van der Waals surface area contributed by atoms with Crippen molar-refractivity contribution in [2.45, 2.75) is 20.2 Å². The third-order valence-electron chi connectivity index (χ3n) is 2.57. The molecule has 0 atom stereocenters. The summed E-state index contributed by atoms with van der Waals surface area (Å²) in [5, 5.41) is 2.83. The number of hydrogen-bond donors (Lipinski definition) is 1. The lowest BCUT2D eigenvalue weighted by Crippen LogP contribution is -2.17. The number of nitrogens with one attached hydrogen (secondary N) is 1. The van der Waals surface area contributed by atoms with E-state index in [0.29, 0.717) is 17.1 Å². The van der Waals surface area contributed by atoms with Gasteiger partial charge in [-0.25, -0.2) is 4.98 Å². The number of halogens is 3. The van der Waals surface area contributed by atoms with Gasteiger partial charge < -0.3 is 14.8 Å². The van der Waals surface area contributed by atoms with Gasteiger partial charge >= 0.3 is 6.36 Å². The number of benzene rings is 1. The summed E-state index contributed by atoms with van der Waals surface area (Å²) in [6, 6.07) is 3.78. The molecule has 0 unspecified atom stereocenters. The first kappa shape index (κ1) is 18.5. The van der Waals surface area contributed by atoms with Crippen LogP contribution in [0.2, 0.25) is 0 Å². The fourth-order valence-electron chi connectivity index (χ4n) is 1.70. The second-order valence-electron chi connectivity index (χ2n) is 3.95. The van der Waals surface area contributed by atoms with Crippen molar-refractivity contribution in [3.05, 3.63) is 30.6 Å². The largest absolute Gasteiger partial charge is 0.573 e. The first-order valence-electron chi connectivity index (χ1n) is 6.87. The first-order valence-corrected chi connectivity index (χ1v) is 6.87. The Kier molecular flexibility index (Phi) is 6.62. The number of alkyl halides is 3. The minimum Gasteiger partial charge on any atom is -0.496 e. The molecule has 0 radical (unpaired) electrons. The number of hydrogen-bond acceptors (Lipinski definition) is 5. The molecule has 0 aliphatic heterocycles. The summed E-state index contributed by atoms with van der Waals surface area (Å²) < 4.78 is 45.6. The molecule has 1 aromatic carbocycles. The van der Waals surface area contributed by atoms with E-state index in [1.165, 1.54) is 31.6 Å². The van der Waals surface area contributed by atoms with Crippen LogP contribution >= 0.6 is 0 Å². The fourth-order valence-corrected chi connectivity index (χ4v) is 1.70. The van der Waals surface area contributed by atoms with E-state index < -0.39 is 6.36 Å². The van der Waals surface area contributed by atoms with Gasteiger partial charge in [0.2, 0.25) is 0 Å². The Morgan fingerprint density at radius 1 is 1.13 bits per heavy atom. The molecule has 5 nitrogen and oxygen atoms in total. The fraction of sp³-hybridized carbons (Fsp3) is 0.333. The van der Waals surface area contributed by atoms with Crippen LogP contribution in [0.5, 0.6) is 11.5 Å². The summed E-state index contributed by atoms with van der Waals surface area (Å²) in [5.74, 6) is 0.380. The van der Waals surface area contributed by atoms with Gasteiger partial charge in [0.15, 0.2) is 0 Å². The third-order valence-corrected chi connectivity index (χ3v) is 2.57. The molecule has 0 fully saturated rings. The molecule has 23 heavy (non-hydrogen) atoms. The van der Waals surface area contributed by atoms with E-state index in [4.69, 9.17) is 4.74 Å². The number of nitrogens with zero attached hydrogens (tertiary/aromatic N) is 2. The molecule has 0 aliphatic rings. The molecule has 2 rings (SSSR count). The Morgan fingerprint density at radius 3 is 2.39 bits per heavy atom. The lowest BCUT2D eigenvalue weighted by Gasteiger charge is -2.13. The second-order valence-corrected chi connectivity index (χ2v) is 3.95. The quantitative estimate of drug-likeness (QED) is 0.914. The molecule has 1 N–H and O–H groups in total. The monoisotopic (exact) mass is 329 g/mol. The van der Waals surface area contributed by atoms with Gasteiger partial charge in [0.1, 0.15) is 17.3 Å². The smallest absolute Gasteiger partial charge is 0.496 e. The van der Waals surface area contributed by atoms with Crippen molar-refractivity contribution in [1.29, 1.82) is 0 Å². The van der Waals surface area contributed by atoms with E-state index in [2.05, 4.69) is 20.0 Å². The van der Waals surface area contributed by atoms with Crippen LogP contribution < -0.4 is 14.8 Å². The molecule has 0 amide bonds. The molecule has 8 heteroatoms. The van der Waals surface area contributed by atoms with Crippen LogP contribution in [0.1, 0.15) is 13.8 Å². The van der Waals surface area contributed by atoms with Crippen LogP contribution in [0.3, 0.4) is 0 Å². The predicted molar refractivity (Wildman–Crippen MR) is 81.6 cm³/mol. The molecule has 0 spiro atoms. The van der Waals surface area contributed by atoms with Crippen molar-refractivity contribution in [2.75, 3.05) is 19.5 Å². The Balaban J connectivity index is 0.00000127. The van der Waals surface area contributed by atoms with Crippen LogP contribution in [-0.2, 0) is 0 Å². The topological polar surface area (TPSA) is 56.3 Å². The second kappa shape index (κ2) is 8.21. The highest BCUT2D eigenvalue weighted by Gasteiger charge is 2.31. The average Bonchev–Trinajstić information content (AvgIpc) is 2.55. The number of rotatable bonds is 4. The normalized spacial score (nSPS) is 10.4. The van der Waals surface area contributed by atoms with E-state index in [9.17, 15) is 13.2 Å². The zero-order valence-electron chi connectivity index (χ0n) is 13.2. The number of ether oxygens (including phenoxy) is 2. The molecule has 0 saturated carbocycles. The molecule has 0 aliphatic carbocycles. The van der Waals surface area contributed by atoms with Gasteiger partial charge in [0.05, 0.1) is 25.2 Å². The summed E-state index contributed by atoms with van der Waals surface area (Å²) in [6.07, 6.45) is -1.74. The van der Waals surface area contributed by atoms with Gasteiger partial charge in [-0.1, -0.05) is 13.8 Å². The van der Waals surface area contributed by atoms with E-state index in [1.54, 1.807) is 7.05 Å². The summed E-state index contributed by atoms with van der Waals surface area (Å²) in [6.45, 7) is 4.00. The molecular weight excluding hydrogens is 311 g/mol. The molecule has 2 aromatic rings. The third kappa shape index (κ3) is 5.32. The SMILES string of the molecule is CC.CNc1cncc(-c2ccc(OC(F)(F)F)cc2OC)n1. The highest BCUT2D eigenvalue weighted by molar-refractivity contribution is 5.68. The van der Waals surface area contributed by atoms with Gasteiger partial charge in [0, 0.05) is 18.7 Å². The first-order chi connectivity index (χ1) is 10.9. The van der Waals surface area contributed by atoms with Crippen molar-refractivity contribution in [3.63, 3.8) is 0 Å². The Hall–Kier alpha value is -2.51. The van der Waals surface area contributed by atoms with E-state index in [1.807, 2.05) is 13.8 Å². The lowest BCUT2D eigenvalue weighted by molar-refractivity contribution is -0.274. The Labute approximate surface area is 132 Å². The molecule has 1 heterocycles. The van der Waals surface area contributed by atoms with Crippen LogP contribution in [0.4, 0.5) is 19.0 Å². The minimum atomic E-state index is -4.75. The maximum absolute atomic E-state index is 12.2. The van der Waals surface area contributed by atoms with Gasteiger partial charge in [0.25, 0.3) is 0 Å². The van der Waals surface area contributed by atoms with Gasteiger partial charge in [-0.05, 0) is 12.1 Å². The lowest BCUT2D eigenvalue weighted by atomic mass is 10.1. The molecule has 0 saturated heterocycles. The standard InChI is InChI=1S/C13H12F3N3O2.C2H6/c1-17-12-7-18-6-10(19-12)9-4-3-8(5-11(9)20-2)21-13(14,15)16;1-2/h3-7H,1-2H3,(H,17,19);1-2H3. The summed E-state index contributed by atoms with van der Waals surface area (Å²) in [4.78, 5) is 8.25. The van der Waals surface area contributed by atoms with Gasteiger partial charge in [-0.15, -0.1) is 13.2 Å². The Morgan fingerprint density at radius 2 is 1.83 bits per heavy atom. The number of aromatic nitrogens is 2. The summed E-state index contributed by atoms with van der Waals surface area (Å²) in [5.41, 5.74) is 0.980. The maximum Gasteiger partial charge on any atom is 0.573 e. The summed E-state index contributed by atoms with van der Waals surface area (Å²) >= 11 is 0. The van der Waals surface area contributed by atoms with Crippen LogP contribution in [0.15, 0.2) is 30.6 Å².